The highest BCUT2D eigenvalue weighted by atomic mass is 16.3. The van der Waals surface area contributed by atoms with Gasteiger partial charge in [-0.05, 0) is 56.3 Å². The van der Waals surface area contributed by atoms with Crippen molar-refractivity contribution in [3.05, 3.63) is 0 Å². The average molecular weight is 253 g/mol. The molecular formula is C16H31NO. The van der Waals surface area contributed by atoms with Crippen LogP contribution in [0.2, 0.25) is 0 Å². The first kappa shape index (κ1) is 14.3. The summed E-state index contributed by atoms with van der Waals surface area (Å²) in [7, 11) is 0. The van der Waals surface area contributed by atoms with E-state index in [-0.39, 0.29) is 0 Å². The molecule has 0 radical (unpaired) electrons. The van der Waals surface area contributed by atoms with Gasteiger partial charge in [0, 0.05) is 18.7 Å². The lowest BCUT2D eigenvalue weighted by molar-refractivity contribution is 0.150. The van der Waals surface area contributed by atoms with Crippen LogP contribution in [0.4, 0.5) is 0 Å². The van der Waals surface area contributed by atoms with Crippen molar-refractivity contribution in [2.24, 2.45) is 11.3 Å². The Kier molecular flexibility index (Phi) is 5.08. The van der Waals surface area contributed by atoms with Gasteiger partial charge in [0.1, 0.15) is 0 Å². The maximum atomic E-state index is 9.14. The van der Waals surface area contributed by atoms with Crippen molar-refractivity contribution in [3.63, 3.8) is 0 Å². The Hall–Kier alpha value is -0.0800. The second-order valence-electron chi connectivity index (χ2n) is 7.01. The minimum atomic E-state index is 0.312. The first-order chi connectivity index (χ1) is 8.65. The normalized spacial score (nSPS) is 26.0. The van der Waals surface area contributed by atoms with Crippen LogP contribution >= 0.6 is 0 Å². The highest BCUT2D eigenvalue weighted by molar-refractivity contribution is 4.92. The molecule has 0 aromatic heterocycles. The quantitative estimate of drug-likeness (QED) is 0.786. The second kappa shape index (κ2) is 6.38. The molecule has 2 rings (SSSR count). The zero-order valence-corrected chi connectivity index (χ0v) is 12.3. The molecule has 0 aromatic carbocycles. The molecule has 2 aliphatic carbocycles. The highest BCUT2D eigenvalue weighted by Gasteiger charge is 2.37. The number of nitrogens with one attached hydrogen (secondary N) is 1. The third kappa shape index (κ3) is 3.48. The summed E-state index contributed by atoms with van der Waals surface area (Å²) in [6.07, 6.45) is 12.4. The van der Waals surface area contributed by atoms with E-state index in [9.17, 15) is 0 Å². The first-order valence-electron chi connectivity index (χ1n) is 8.02. The van der Waals surface area contributed by atoms with Crippen LogP contribution in [0, 0.1) is 11.3 Å². The highest BCUT2D eigenvalue weighted by Crippen LogP contribution is 2.48. The van der Waals surface area contributed by atoms with E-state index in [4.69, 9.17) is 5.11 Å². The molecule has 2 N–H and O–H groups in total. The fourth-order valence-electron chi connectivity index (χ4n) is 4.07. The predicted octanol–water partition coefficient (Wildman–Crippen LogP) is 3.49. The van der Waals surface area contributed by atoms with Gasteiger partial charge in [-0.15, -0.1) is 0 Å². The minimum absolute atomic E-state index is 0.312. The SMILES string of the molecule is CC(C)C(CCO)NC1CCC2(CCCC2)CC1. The molecule has 0 aliphatic heterocycles. The molecule has 1 atom stereocenters. The van der Waals surface area contributed by atoms with Crippen molar-refractivity contribution < 1.29 is 5.11 Å². The van der Waals surface area contributed by atoms with Gasteiger partial charge in [-0.25, -0.2) is 0 Å². The van der Waals surface area contributed by atoms with E-state index in [2.05, 4.69) is 19.2 Å². The number of aliphatic hydroxyl groups excluding tert-OH is 1. The number of aliphatic hydroxyl groups is 1. The van der Waals surface area contributed by atoms with Gasteiger partial charge in [0.2, 0.25) is 0 Å². The molecular weight excluding hydrogens is 222 g/mol. The number of hydrogen-bond acceptors (Lipinski definition) is 2. The first-order valence-corrected chi connectivity index (χ1v) is 8.02. The largest absolute Gasteiger partial charge is 0.396 e. The van der Waals surface area contributed by atoms with Crippen LogP contribution in [-0.4, -0.2) is 23.8 Å². The Bertz CT molecular complexity index is 235. The molecule has 2 fully saturated rings. The summed E-state index contributed by atoms with van der Waals surface area (Å²) in [4.78, 5) is 0. The Morgan fingerprint density at radius 3 is 2.22 bits per heavy atom. The number of rotatable bonds is 5. The van der Waals surface area contributed by atoms with Crippen molar-refractivity contribution >= 4 is 0 Å². The summed E-state index contributed by atoms with van der Waals surface area (Å²) in [5.41, 5.74) is 0.739. The van der Waals surface area contributed by atoms with Crippen LogP contribution in [0.5, 0.6) is 0 Å². The fraction of sp³-hybridized carbons (Fsp3) is 1.00. The monoisotopic (exact) mass is 253 g/mol. The molecule has 2 heteroatoms. The van der Waals surface area contributed by atoms with Gasteiger partial charge in [0.15, 0.2) is 0 Å². The standard InChI is InChI=1S/C16H31NO/c1-13(2)15(7-12-18)17-14-5-10-16(11-6-14)8-3-4-9-16/h13-15,17-18H,3-12H2,1-2H3. The minimum Gasteiger partial charge on any atom is -0.396 e. The lowest BCUT2D eigenvalue weighted by Crippen LogP contribution is -2.45. The maximum absolute atomic E-state index is 9.14. The molecule has 1 spiro atoms. The van der Waals surface area contributed by atoms with E-state index in [0.29, 0.717) is 24.6 Å². The lowest BCUT2D eigenvalue weighted by atomic mass is 9.71. The Labute approximate surface area is 113 Å². The molecule has 1 unspecified atom stereocenters. The zero-order valence-electron chi connectivity index (χ0n) is 12.3. The summed E-state index contributed by atoms with van der Waals surface area (Å²) in [6, 6.07) is 1.20. The molecule has 0 amide bonds. The third-order valence-corrected chi connectivity index (χ3v) is 5.41. The van der Waals surface area contributed by atoms with Crippen LogP contribution < -0.4 is 5.32 Å². The summed E-state index contributed by atoms with van der Waals surface area (Å²) < 4.78 is 0. The van der Waals surface area contributed by atoms with Gasteiger partial charge in [0.25, 0.3) is 0 Å². The lowest BCUT2D eigenvalue weighted by Gasteiger charge is -2.39. The van der Waals surface area contributed by atoms with Gasteiger partial charge < -0.3 is 10.4 Å². The molecule has 2 saturated carbocycles. The van der Waals surface area contributed by atoms with Crippen molar-refractivity contribution in [1.82, 2.24) is 5.32 Å². The van der Waals surface area contributed by atoms with E-state index in [1.807, 2.05) is 0 Å². The molecule has 0 bridgehead atoms. The van der Waals surface area contributed by atoms with E-state index in [1.54, 1.807) is 0 Å². The Morgan fingerprint density at radius 1 is 1.11 bits per heavy atom. The van der Waals surface area contributed by atoms with Crippen LogP contribution in [0.15, 0.2) is 0 Å². The van der Waals surface area contributed by atoms with Gasteiger partial charge in [-0.3, -0.25) is 0 Å². The Balaban J connectivity index is 1.78. The molecule has 0 heterocycles. The van der Waals surface area contributed by atoms with Crippen molar-refractivity contribution in [1.29, 1.82) is 0 Å². The summed E-state index contributed by atoms with van der Waals surface area (Å²) in [6.45, 7) is 4.83. The summed E-state index contributed by atoms with van der Waals surface area (Å²) in [5.74, 6) is 0.625. The van der Waals surface area contributed by atoms with Gasteiger partial charge in [-0.2, -0.15) is 0 Å². The zero-order chi connectivity index (χ0) is 13.0. The summed E-state index contributed by atoms with van der Waals surface area (Å²) in [5, 5.41) is 12.9. The topological polar surface area (TPSA) is 32.3 Å². The number of hydrogen-bond donors (Lipinski definition) is 2. The van der Waals surface area contributed by atoms with E-state index in [0.717, 1.165) is 11.8 Å². The van der Waals surface area contributed by atoms with E-state index >= 15 is 0 Å². The van der Waals surface area contributed by atoms with Crippen molar-refractivity contribution in [2.45, 2.75) is 83.7 Å². The van der Waals surface area contributed by atoms with Gasteiger partial charge in [-0.1, -0.05) is 26.7 Å². The smallest absolute Gasteiger partial charge is 0.0445 e. The maximum Gasteiger partial charge on any atom is 0.0445 e. The van der Waals surface area contributed by atoms with Crippen LogP contribution in [0.1, 0.15) is 71.6 Å². The van der Waals surface area contributed by atoms with Crippen molar-refractivity contribution in [3.8, 4) is 0 Å². The molecule has 2 aliphatic rings. The van der Waals surface area contributed by atoms with Crippen molar-refractivity contribution in [2.75, 3.05) is 6.61 Å². The third-order valence-electron chi connectivity index (χ3n) is 5.41. The van der Waals surface area contributed by atoms with Crippen LogP contribution in [-0.2, 0) is 0 Å². The molecule has 106 valence electrons. The molecule has 0 aromatic rings. The second-order valence-corrected chi connectivity index (χ2v) is 7.01. The van der Waals surface area contributed by atoms with E-state index < -0.39 is 0 Å². The van der Waals surface area contributed by atoms with Crippen LogP contribution in [0.3, 0.4) is 0 Å². The van der Waals surface area contributed by atoms with Gasteiger partial charge >= 0.3 is 0 Å². The van der Waals surface area contributed by atoms with Gasteiger partial charge in [0.05, 0.1) is 0 Å². The molecule has 0 saturated heterocycles. The van der Waals surface area contributed by atoms with Crippen LogP contribution in [0.25, 0.3) is 0 Å². The molecule has 18 heavy (non-hydrogen) atoms. The summed E-state index contributed by atoms with van der Waals surface area (Å²) >= 11 is 0. The molecule has 2 nitrogen and oxygen atoms in total. The predicted molar refractivity (Wildman–Crippen MR) is 76.6 cm³/mol. The fourth-order valence-corrected chi connectivity index (χ4v) is 4.07. The Morgan fingerprint density at radius 2 is 1.72 bits per heavy atom. The average Bonchev–Trinajstić information content (AvgIpc) is 2.80. The van der Waals surface area contributed by atoms with E-state index in [1.165, 1.54) is 51.4 Å².